The fraction of sp³-hybridized carbons (Fsp3) is 0.538. The minimum absolute atomic E-state index is 0.0695. The van der Waals surface area contributed by atoms with E-state index >= 15 is 0 Å². The summed E-state index contributed by atoms with van der Waals surface area (Å²) >= 11 is 0. The molecule has 0 aromatic heterocycles. The lowest BCUT2D eigenvalue weighted by Gasteiger charge is -2.21. The van der Waals surface area contributed by atoms with Gasteiger partial charge >= 0.3 is 0 Å². The van der Waals surface area contributed by atoms with Crippen molar-refractivity contribution in [3.63, 3.8) is 0 Å². The van der Waals surface area contributed by atoms with Gasteiger partial charge in [-0.15, -0.1) is 0 Å². The van der Waals surface area contributed by atoms with Crippen LogP contribution in [0.1, 0.15) is 25.0 Å². The van der Waals surface area contributed by atoms with E-state index in [1.54, 1.807) is 20.0 Å². The van der Waals surface area contributed by atoms with E-state index in [4.69, 9.17) is 0 Å². The monoisotopic (exact) mass is 255 g/mol. The summed E-state index contributed by atoms with van der Waals surface area (Å²) in [5.74, 6) is 0. The van der Waals surface area contributed by atoms with Gasteiger partial charge in [0, 0.05) is 6.04 Å². The van der Waals surface area contributed by atoms with Crippen LogP contribution in [0, 0.1) is 13.8 Å². The van der Waals surface area contributed by atoms with Gasteiger partial charge in [-0.25, -0.2) is 8.42 Å². The number of rotatable bonds is 4. The second kappa shape index (κ2) is 5.19. The van der Waals surface area contributed by atoms with E-state index in [-0.39, 0.29) is 6.04 Å². The Kier molecular flexibility index (Phi) is 4.33. The molecular formula is C13H21NO2S. The van der Waals surface area contributed by atoms with Crippen LogP contribution >= 0.6 is 0 Å². The molecule has 1 N–H and O–H groups in total. The Morgan fingerprint density at radius 2 is 1.76 bits per heavy atom. The third kappa shape index (κ3) is 2.87. The fourth-order valence-electron chi connectivity index (χ4n) is 1.72. The van der Waals surface area contributed by atoms with Crippen LogP contribution in [-0.2, 0) is 9.84 Å². The molecule has 0 radical (unpaired) electrons. The predicted molar refractivity (Wildman–Crippen MR) is 71.1 cm³/mol. The van der Waals surface area contributed by atoms with Crippen LogP contribution in [-0.4, -0.2) is 26.8 Å². The molecular weight excluding hydrogens is 234 g/mol. The van der Waals surface area contributed by atoms with Crippen LogP contribution in [0.5, 0.6) is 0 Å². The summed E-state index contributed by atoms with van der Waals surface area (Å²) < 4.78 is 24.9. The zero-order valence-electron chi connectivity index (χ0n) is 11.1. The summed E-state index contributed by atoms with van der Waals surface area (Å²) in [7, 11) is -1.49. The maximum absolute atomic E-state index is 12.5. The summed E-state index contributed by atoms with van der Waals surface area (Å²) in [6.45, 7) is 7.37. The smallest absolute Gasteiger partial charge is 0.182 e. The molecule has 4 heteroatoms. The highest BCUT2D eigenvalue weighted by Gasteiger charge is 2.28. The van der Waals surface area contributed by atoms with E-state index in [9.17, 15) is 8.42 Å². The number of hydrogen-bond acceptors (Lipinski definition) is 3. The van der Waals surface area contributed by atoms with Gasteiger partial charge in [-0.3, -0.25) is 0 Å². The van der Waals surface area contributed by atoms with Crippen molar-refractivity contribution in [2.45, 2.75) is 43.9 Å². The van der Waals surface area contributed by atoms with Crippen LogP contribution in [0.3, 0.4) is 0 Å². The van der Waals surface area contributed by atoms with Gasteiger partial charge in [-0.1, -0.05) is 12.1 Å². The molecule has 1 aromatic carbocycles. The van der Waals surface area contributed by atoms with Crippen molar-refractivity contribution in [1.29, 1.82) is 0 Å². The average molecular weight is 255 g/mol. The SMILES string of the molecule is CNC(C)C(C)S(=O)(=O)c1cc(C)ccc1C. The minimum atomic E-state index is -3.27. The normalized spacial score (nSPS) is 15.6. The van der Waals surface area contributed by atoms with Gasteiger partial charge in [-0.2, -0.15) is 0 Å². The topological polar surface area (TPSA) is 46.2 Å². The molecule has 0 saturated carbocycles. The molecule has 17 heavy (non-hydrogen) atoms. The van der Waals surface area contributed by atoms with Crippen LogP contribution in [0.15, 0.2) is 23.1 Å². The summed E-state index contributed by atoms with van der Waals surface area (Å²) in [4.78, 5) is 0.451. The van der Waals surface area contributed by atoms with E-state index in [2.05, 4.69) is 5.32 Å². The fourth-order valence-corrected chi connectivity index (χ4v) is 3.66. The van der Waals surface area contributed by atoms with Crippen molar-refractivity contribution in [1.82, 2.24) is 5.32 Å². The van der Waals surface area contributed by atoms with Gasteiger partial charge in [0.2, 0.25) is 0 Å². The van der Waals surface area contributed by atoms with E-state index in [0.29, 0.717) is 4.90 Å². The van der Waals surface area contributed by atoms with Crippen LogP contribution in [0.2, 0.25) is 0 Å². The van der Waals surface area contributed by atoms with Gasteiger partial charge in [0.15, 0.2) is 9.84 Å². The molecule has 0 aliphatic heterocycles. The first-order valence-electron chi connectivity index (χ1n) is 5.79. The predicted octanol–water partition coefficient (Wildman–Crippen LogP) is 2.07. The number of benzene rings is 1. The molecule has 3 nitrogen and oxygen atoms in total. The number of nitrogens with one attached hydrogen (secondary N) is 1. The second-order valence-electron chi connectivity index (χ2n) is 4.60. The van der Waals surface area contributed by atoms with Gasteiger partial charge in [0.25, 0.3) is 0 Å². The summed E-state index contributed by atoms with van der Waals surface area (Å²) in [6.07, 6.45) is 0. The molecule has 0 amide bonds. The molecule has 0 spiro atoms. The van der Waals surface area contributed by atoms with Crippen molar-refractivity contribution in [3.05, 3.63) is 29.3 Å². The minimum Gasteiger partial charge on any atom is -0.316 e. The Morgan fingerprint density at radius 1 is 1.18 bits per heavy atom. The van der Waals surface area contributed by atoms with Gasteiger partial charge in [-0.05, 0) is 51.9 Å². The maximum Gasteiger partial charge on any atom is 0.182 e. The largest absolute Gasteiger partial charge is 0.316 e. The van der Waals surface area contributed by atoms with Crippen LogP contribution in [0.25, 0.3) is 0 Å². The molecule has 0 aliphatic carbocycles. The highest BCUT2D eigenvalue weighted by molar-refractivity contribution is 7.92. The third-order valence-electron chi connectivity index (χ3n) is 3.30. The molecule has 96 valence electrons. The zero-order valence-corrected chi connectivity index (χ0v) is 11.9. The van der Waals surface area contributed by atoms with Crippen LogP contribution < -0.4 is 5.32 Å². The lowest BCUT2D eigenvalue weighted by Crippen LogP contribution is -2.38. The number of hydrogen-bond donors (Lipinski definition) is 1. The van der Waals surface area contributed by atoms with E-state index < -0.39 is 15.1 Å². The molecule has 0 fully saturated rings. The third-order valence-corrected chi connectivity index (χ3v) is 5.74. The molecule has 1 rings (SSSR count). The standard InChI is InChI=1S/C13H21NO2S/c1-9-6-7-10(2)13(8-9)17(15,16)12(4)11(3)14-5/h6-8,11-12,14H,1-5H3. The molecule has 0 aliphatic rings. The highest BCUT2D eigenvalue weighted by atomic mass is 32.2. The lowest BCUT2D eigenvalue weighted by atomic mass is 10.2. The number of sulfone groups is 1. The van der Waals surface area contributed by atoms with E-state index in [1.165, 1.54) is 0 Å². The van der Waals surface area contributed by atoms with Crippen LogP contribution in [0.4, 0.5) is 0 Å². The molecule has 1 aromatic rings. The van der Waals surface area contributed by atoms with Gasteiger partial charge in [0.1, 0.15) is 0 Å². The Morgan fingerprint density at radius 3 is 2.29 bits per heavy atom. The van der Waals surface area contributed by atoms with Crippen molar-refractivity contribution in [2.75, 3.05) is 7.05 Å². The maximum atomic E-state index is 12.5. The average Bonchev–Trinajstić information content (AvgIpc) is 2.30. The summed E-state index contributed by atoms with van der Waals surface area (Å²) in [6, 6.07) is 5.48. The van der Waals surface area contributed by atoms with Crippen molar-refractivity contribution in [3.8, 4) is 0 Å². The van der Waals surface area contributed by atoms with Crippen molar-refractivity contribution >= 4 is 9.84 Å². The highest BCUT2D eigenvalue weighted by Crippen LogP contribution is 2.22. The Hall–Kier alpha value is -0.870. The van der Waals surface area contributed by atoms with E-state index in [0.717, 1.165) is 11.1 Å². The van der Waals surface area contributed by atoms with E-state index in [1.807, 2.05) is 32.9 Å². The Bertz CT molecular complexity index is 494. The second-order valence-corrected chi connectivity index (χ2v) is 6.87. The zero-order chi connectivity index (χ0) is 13.2. The molecule has 0 bridgehead atoms. The summed E-state index contributed by atoms with van der Waals surface area (Å²) in [5.41, 5.74) is 1.78. The first-order valence-corrected chi connectivity index (χ1v) is 7.33. The quantitative estimate of drug-likeness (QED) is 0.896. The molecule has 2 unspecified atom stereocenters. The Labute approximate surface area is 104 Å². The number of aryl methyl sites for hydroxylation is 2. The van der Waals surface area contributed by atoms with Crippen molar-refractivity contribution in [2.24, 2.45) is 0 Å². The Balaban J connectivity index is 3.26. The molecule has 2 atom stereocenters. The first-order chi connectivity index (χ1) is 7.80. The lowest BCUT2D eigenvalue weighted by molar-refractivity contribution is 0.539. The summed E-state index contributed by atoms with van der Waals surface area (Å²) in [5, 5.41) is 2.56. The van der Waals surface area contributed by atoms with Gasteiger partial charge < -0.3 is 5.32 Å². The van der Waals surface area contributed by atoms with Gasteiger partial charge in [0.05, 0.1) is 10.1 Å². The van der Waals surface area contributed by atoms with Crippen molar-refractivity contribution < 1.29 is 8.42 Å². The first kappa shape index (κ1) is 14.2. The molecule has 0 heterocycles. The molecule has 0 saturated heterocycles.